The number of rotatable bonds is 8. The molecule has 7 heteroatoms. The summed E-state index contributed by atoms with van der Waals surface area (Å²) in [6.45, 7) is 2.89. The van der Waals surface area contributed by atoms with Crippen LogP contribution in [0.3, 0.4) is 0 Å². The van der Waals surface area contributed by atoms with E-state index in [1.807, 2.05) is 49.5 Å². The number of hydrogen-bond donors (Lipinski definition) is 1. The van der Waals surface area contributed by atoms with Crippen molar-refractivity contribution in [2.45, 2.75) is 26.4 Å². The zero-order chi connectivity index (χ0) is 20.8. The van der Waals surface area contributed by atoms with Crippen LogP contribution >= 0.6 is 0 Å². The SMILES string of the molecule is Cc1ncnc2c1c(NCCCc1cccnc1)cc(=O)n2OCc1ccccc1. The first-order chi connectivity index (χ1) is 14.7. The highest BCUT2D eigenvalue weighted by Crippen LogP contribution is 2.22. The molecule has 1 aromatic carbocycles. The van der Waals surface area contributed by atoms with Gasteiger partial charge >= 0.3 is 0 Å². The third kappa shape index (κ3) is 4.46. The quantitative estimate of drug-likeness (QED) is 0.457. The molecule has 4 aromatic rings. The molecule has 0 amide bonds. The van der Waals surface area contributed by atoms with Gasteiger partial charge in [0.15, 0.2) is 5.65 Å². The van der Waals surface area contributed by atoms with Gasteiger partial charge in [0.25, 0.3) is 5.56 Å². The Hall–Kier alpha value is -3.74. The van der Waals surface area contributed by atoms with Crippen molar-refractivity contribution >= 4 is 16.7 Å². The van der Waals surface area contributed by atoms with Gasteiger partial charge in [0.05, 0.1) is 16.8 Å². The van der Waals surface area contributed by atoms with E-state index in [0.29, 0.717) is 12.2 Å². The summed E-state index contributed by atoms with van der Waals surface area (Å²) >= 11 is 0. The third-order valence-corrected chi connectivity index (χ3v) is 4.83. The average Bonchev–Trinajstić information content (AvgIpc) is 2.77. The predicted octanol–water partition coefficient (Wildman–Crippen LogP) is 3.17. The first kappa shape index (κ1) is 19.6. The fourth-order valence-corrected chi connectivity index (χ4v) is 3.33. The van der Waals surface area contributed by atoms with E-state index < -0.39 is 0 Å². The number of aromatic nitrogens is 4. The Morgan fingerprint density at radius 3 is 2.70 bits per heavy atom. The number of anilines is 1. The van der Waals surface area contributed by atoms with Crippen LogP contribution < -0.4 is 15.7 Å². The Morgan fingerprint density at radius 2 is 1.90 bits per heavy atom. The highest BCUT2D eigenvalue weighted by atomic mass is 16.7. The molecule has 0 atom stereocenters. The summed E-state index contributed by atoms with van der Waals surface area (Å²) in [5.74, 6) is 0. The minimum Gasteiger partial charge on any atom is -0.404 e. The summed E-state index contributed by atoms with van der Waals surface area (Å²) in [5, 5.41) is 4.16. The molecule has 3 heterocycles. The van der Waals surface area contributed by atoms with Gasteiger partial charge in [0, 0.05) is 25.0 Å². The van der Waals surface area contributed by atoms with Gasteiger partial charge in [-0.15, -0.1) is 4.73 Å². The molecule has 0 aliphatic carbocycles. The van der Waals surface area contributed by atoms with E-state index in [2.05, 4.69) is 26.3 Å². The van der Waals surface area contributed by atoms with Crippen LogP contribution in [-0.4, -0.2) is 26.2 Å². The molecule has 0 unspecified atom stereocenters. The van der Waals surface area contributed by atoms with Crippen molar-refractivity contribution < 1.29 is 4.84 Å². The summed E-state index contributed by atoms with van der Waals surface area (Å²) < 4.78 is 1.25. The Morgan fingerprint density at radius 1 is 1.07 bits per heavy atom. The van der Waals surface area contributed by atoms with Crippen LogP contribution in [0.1, 0.15) is 23.2 Å². The van der Waals surface area contributed by atoms with E-state index in [-0.39, 0.29) is 12.2 Å². The molecule has 0 bridgehead atoms. The lowest BCUT2D eigenvalue weighted by Crippen LogP contribution is -2.28. The molecule has 0 saturated heterocycles. The molecule has 7 nitrogen and oxygen atoms in total. The van der Waals surface area contributed by atoms with Crippen molar-refractivity contribution in [2.24, 2.45) is 0 Å². The Labute approximate surface area is 174 Å². The number of pyridine rings is 2. The molecule has 0 saturated carbocycles. The Balaban J connectivity index is 1.54. The molecule has 30 heavy (non-hydrogen) atoms. The second-order valence-corrected chi connectivity index (χ2v) is 7.00. The molecule has 4 rings (SSSR count). The topological polar surface area (TPSA) is 81.9 Å². The van der Waals surface area contributed by atoms with Gasteiger partial charge < -0.3 is 10.2 Å². The van der Waals surface area contributed by atoms with Crippen LogP contribution in [0.15, 0.2) is 72.0 Å². The zero-order valence-electron chi connectivity index (χ0n) is 16.8. The summed E-state index contributed by atoms with van der Waals surface area (Å²) in [7, 11) is 0. The molecule has 0 spiro atoms. The van der Waals surface area contributed by atoms with Gasteiger partial charge in [-0.2, -0.15) is 0 Å². The first-order valence-electron chi connectivity index (χ1n) is 9.90. The monoisotopic (exact) mass is 401 g/mol. The lowest BCUT2D eigenvalue weighted by Gasteiger charge is -2.15. The Bertz CT molecular complexity index is 1180. The fourth-order valence-electron chi connectivity index (χ4n) is 3.33. The van der Waals surface area contributed by atoms with Crippen LogP contribution in [0.25, 0.3) is 11.0 Å². The first-order valence-corrected chi connectivity index (χ1v) is 9.90. The van der Waals surface area contributed by atoms with Crippen molar-refractivity contribution in [3.05, 3.63) is 94.4 Å². The third-order valence-electron chi connectivity index (χ3n) is 4.83. The van der Waals surface area contributed by atoms with Crippen LogP contribution in [0, 0.1) is 6.92 Å². The van der Waals surface area contributed by atoms with E-state index in [9.17, 15) is 4.79 Å². The van der Waals surface area contributed by atoms with Crippen LogP contribution in [0.2, 0.25) is 0 Å². The molecule has 3 aromatic heterocycles. The van der Waals surface area contributed by atoms with E-state index in [0.717, 1.165) is 35.2 Å². The molecular formula is C23H23N5O2. The molecule has 152 valence electrons. The lowest BCUT2D eigenvalue weighted by molar-refractivity contribution is 0.0979. The van der Waals surface area contributed by atoms with E-state index in [1.54, 1.807) is 12.3 Å². The minimum atomic E-state index is -0.272. The van der Waals surface area contributed by atoms with Crippen molar-refractivity contribution in [1.29, 1.82) is 0 Å². The molecule has 0 aliphatic rings. The number of nitrogens with one attached hydrogen (secondary N) is 1. The van der Waals surface area contributed by atoms with Crippen molar-refractivity contribution in [3.8, 4) is 0 Å². The minimum absolute atomic E-state index is 0.272. The average molecular weight is 401 g/mol. The van der Waals surface area contributed by atoms with Crippen LogP contribution in [0.5, 0.6) is 0 Å². The maximum Gasteiger partial charge on any atom is 0.287 e. The van der Waals surface area contributed by atoms with Crippen molar-refractivity contribution in [1.82, 2.24) is 19.7 Å². The number of fused-ring (bicyclic) bond motifs is 1. The Kier molecular flexibility index (Phi) is 5.98. The highest BCUT2D eigenvalue weighted by molar-refractivity contribution is 5.90. The molecule has 0 radical (unpaired) electrons. The predicted molar refractivity (Wildman–Crippen MR) is 116 cm³/mol. The molecule has 0 aliphatic heterocycles. The summed E-state index contributed by atoms with van der Waals surface area (Å²) in [6, 6.07) is 15.3. The number of benzene rings is 1. The van der Waals surface area contributed by atoms with Gasteiger partial charge in [0.1, 0.15) is 12.9 Å². The largest absolute Gasteiger partial charge is 0.404 e. The second kappa shape index (κ2) is 9.17. The molecule has 0 fully saturated rings. The number of hydrogen-bond acceptors (Lipinski definition) is 6. The highest BCUT2D eigenvalue weighted by Gasteiger charge is 2.14. The normalized spacial score (nSPS) is 10.8. The van der Waals surface area contributed by atoms with Gasteiger partial charge in [-0.05, 0) is 37.0 Å². The van der Waals surface area contributed by atoms with Crippen LogP contribution in [-0.2, 0) is 13.0 Å². The molecule has 1 N–H and O–H groups in total. The summed E-state index contributed by atoms with van der Waals surface area (Å²) in [5.41, 5.74) is 3.85. The van der Waals surface area contributed by atoms with E-state index in [1.165, 1.54) is 16.6 Å². The van der Waals surface area contributed by atoms with Crippen molar-refractivity contribution in [3.63, 3.8) is 0 Å². The standard InChI is InChI=1S/C23H23N5O2/c1-17-22-20(25-12-6-10-18-9-5-11-24-14-18)13-21(29)28(23(22)27-16-26-17)30-15-19-7-3-2-4-8-19/h2-5,7-9,11,13-14,16,25H,6,10,12,15H2,1H3. The fraction of sp³-hybridized carbons (Fsp3) is 0.217. The van der Waals surface area contributed by atoms with Crippen LogP contribution in [0.4, 0.5) is 5.69 Å². The smallest absolute Gasteiger partial charge is 0.287 e. The van der Waals surface area contributed by atoms with Gasteiger partial charge in [-0.1, -0.05) is 36.4 Å². The maximum atomic E-state index is 12.8. The summed E-state index contributed by atoms with van der Waals surface area (Å²) in [4.78, 5) is 31.4. The summed E-state index contributed by atoms with van der Waals surface area (Å²) in [6.07, 6.45) is 6.91. The zero-order valence-corrected chi connectivity index (χ0v) is 16.8. The van der Waals surface area contributed by atoms with E-state index >= 15 is 0 Å². The van der Waals surface area contributed by atoms with Gasteiger partial charge in [0.2, 0.25) is 0 Å². The second-order valence-electron chi connectivity index (χ2n) is 7.00. The van der Waals surface area contributed by atoms with E-state index in [4.69, 9.17) is 4.84 Å². The molecular weight excluding hydrogens is 378 g/mol. The number of aryl methyl sites for hydroxylation is 2. The lowest BCUT2D eigenvalue weighted by atomic mass is 10.1. The maximum absolute atomic E-state index is 12.8. The van der Waals surface area contributed by atoms with Gasteiger partial charge in [-0.3, -0.25) is 9.78 Å². The van der Waals surface area contributed by atoms with Gasteiger partial charge in [-0.25, -0.2) is 9.97 Å². The van der Waals surface area contributed by atoms with Crippen molar-refractivity contribution in [2.75, 3.05) is 11.9 Å². The number of nitrogens with zero attached hydrogens (tertiary/aromatic N) is 4.